The van der Waals surface area contributed by atoms with Gasteiger partial charge in [-0.2, -0.15) is 0 Å². The Hall–Kier alpha value is -1.07. The Morgan fingerprint density at radius 1 is 1.23 bits per heavy atom. The van der Waals surface area contributed by atoms with Crippen LogP contribution in [0.4, 0.5) is 5.69 Å². The molecule has 0 spiro atoms. The van der Waals surface area contributed by atoms with Crippen molar-refractivity contribution in [1.82, 2.24) is 4.98 Å². The first-order valence-corrected chi connectivity index (χ1v) is 8.15. The lowest BCUT2D eigenvalue weighted by Crippen LogP contribution is -2.41. The first kappa shape index (κ1) is 12.4. The van der Waals surface area contributed by atoms with Crippen LogP contribution in [0.3, 0.4) is 0 Å². The van der Waals surface area contributed by atoms with Crippen molar-refractivity contribution in [3.8, 4) is 0 Å². The summed E-state index contributed by atoms with van der Waals surface area (Å²) in [6.45, 7) is 10.7. The van der Waals surface area contributed by atoms with E-state index in [-0.39, 0.29) is 24.4 Å². The Labute approximate surface area is 138 Å². The van der Waals surface area contributed by atoms with Crippen molar-refractivity contribution in [1.29, 1.82) is 0 Å². The van der Waals surface area contributed by atoms with Gasteiger partial charge in [0, 0.05) is 24.2 Å². The molecule has 2 saturated heterocycles. The predicted octanol–water partition coefficient (Wildman–Crippen LogP) is 2.76. The van der Waals surface area contributed by atoms with Gasteiger partial charge < -0.3 is 14.2 Å². The molecule has 3 heterocycles. The van der Waals surface area contributed by atoms with Crippen molar-refractivity contribution in [2.75, 3.05) is 11.4 Å². The molecular weight excluding hydrogens is 275 g/mol. The Bertz CT molecular complexity index is 668. The molecule has 2 aliphatic heterocycles. The van der Waals surface area contributed by atoms with E-state index in [0.29, 0.717) is 11.2 Å². The third-order valence-electron chi connectivity index (χ3n) is 5.17. The summed E-state index contributed by atoms with van der Waals surface area (Å²) in [4.78, 5) is 6.17. The largest absolute Gasteiger partial charge is 0.496 e. The maximum absolute atomic E-state index is 8.70. The highest BCUT2D eigenvalue weighted by molar-refractivity contribution is 6.62. The zero-order valence-corrected chi connectivity index (χ0v) is 14.2. The highest BCUT2D eigenvalue weighted by atomic mass is 16.7. The molecule has 3 rings (SSSR count). The van der Waals surface area contributed by atoms with Crippen LogP contribution in [0.25, 0.3) is 0 Å². The molecule has 120 valence electrons. The summed E-state index contributed by atoms with van der Waals surface area (Å²) in [5.41, 5.74) is -0.279. The van der Waals surface area contributed by atoms with Gasteiger partial charge in [-0.3, -0.25) is 4.98 Å². The van der Waals surface area contributed by atoms with Crippen LogP contribution in [-0.4, -0.2) is 35.9 Å². The second kappa shape index (κ2) is 5.53. The van der Waals surface area contributed by atoms with E-state index in [9.17, 15) is 0 Å². The second-order valence-corrected chi connectivity index (χ2v) is 7.35. The molecule has 0 aromatic carbocycles. The number of aromatic nitrogens is 1. The maximum Gasteiger partial charge on any atom is 0.496 e. The van der Waals surface area contributed by atoms with Crippen LogP contribution in [-0.2, 0) is 9.31 Å². The number of hydrogen-bond donors (Lipinski definition) is 0. The number of nitrogens with zero attached hydrogens (tertiary/aromatic N) is 2. The third kappa shape index (κ3) is 2.76. The average molecular weight is 305 g/mol. The van der Waals surface area contributed by atoms with E-state index in [2.05, 4.69) is 16.8 Å². The normalized spacial score (nSPS) is 29.1. The summed E-state index contributed by atoms with van der Waals surface area (Å²) in [5.74, 6) is 0. The van der Waals surface area contributed by atoms with E-state index in [0.717, 1.165) is 25.8 Å². The summed E-state index contributed by atoms with van der Waals surface area (Å²) in [6.07, 6.45) is 3.11. The fourth-order valence-electron chi connectivity index (χ4n) is 2.96. The number of rotatable bonds is 2. The van der Waals surface area contributed by atoms with Crippen molar-refractivity contribution >= 4 is 18.3 Å². The molecule has 0 N–H and O–H groups in total. The van der Waals surface area contributed by atoms with Gasteiger partial charge in [-0.15, -0.1) is 0 Å². The lowest BCUT2D eigenvalue weighted by atomic mass is 9.80. The SMILES string of the molecule is [2H]c1nc([2H])c(N2CCCCC2C)c([2H])c1B1OC(C)(C)C(C)(C)O1. The molecule has 2 aliphatic rings. The molecule has 0 saturated carbocycles. The summed E-state index contributed by atoms with van der Waals surface area (Å²) in [7, 11) is -0.808. The molecule has 4 nitrogen and oxygen atoms in total. The molecule has 0 radical (unpaired) electrons. The first-order chi connectivity index (χ1) is 11.5. The minimum Gasteiger partial charge on any atom is -0.399 e. The van der Waals surface area contributed by atoms with Crippen LogP contribution in [0.5, 0.6) is 0 Å². The minimum absolute atomic E-state index is 0.0102. The average Bonchev–Trinajstić information content (AvgIpc) is 2.68. The van der Waals surface area contributed by atoms with Crippen molar-refractivity contribution < 1.29 is 13.4 Å². The van der Waals surface area contributed by atoms with Crippen LogP contribution < -0.4 is 10.4 Å². The van der Waals surface area contributed by atoms with Gasteiger partial charge in [0.05, 0.1) is 27.2 Å². The number of anilines is 1. The van der Waals surface area contributed by atoms with Crippen molar-refractivity contribution in [3.63, 3.8) is 0 Å². The van der Waals surface area contributed by atoms with Crippen LogP contribution >= 0.6 is 0 Å². The van der Waals surface area contributed by atoms with Crippen molar-refractivity contribution in [3.05, 3.63) is 18.4 Å². The maximum atomic E-state index is 8.70. The molecule has 0 aliphatic carbocycles. The predicted molar refractivity (Wildman–Crippen MR) is 90.6 cm³/mol. The highest BCUT2D eigenvalue weighted by Crippen LogP contribution is 2.36. The van der Waals surface area contributed by atoms with E-state index < -0.39 is 18.3 Å². The molecule has 5 heteroatoms. The number of hydrogen-bond acceptors (Lipinski definition) is 4. The topological polar surface area (TPSA) is 34.6 Å². The number of pyridine rings is 1. The Kier molecular flexibility index (Phi) is 3.11. The van der Waals surface area contributed by atoms with Gasteiger partial charge in [0.1, 0.15) is 0 Å². The van der Waals surface area contributed by atoms with E-state index in [1.165, 1.54) is 0 Å². The van der Waals surface area contributed by atoms with Gasteiger partial charge in [0.2, 0.25) is 0 Å². The van der Waals surface area contributed by atoms with Gasteiger partial charge >= 0.3 is 7.12 Å². The Morgan fingerprint density at radius 3 is 2.55 bits per heavy atom. The first-order valence-electron chi connectivity index (χ1n) is 9.65. The lowest BCUT2D eigenvalue weighted by molar-refractivity contribution is 0.00578. The monoisotopic (exact) mass is 305 g/mol. The van der Waals surface area contributed by atoms with E-state index in [4.69, 9.17) is 13.4 Å². The fourth-order valence-corrected chi connectivity index (χ4v) is 2.96. The van der Waals surface area contributed by atoms with Crippen LogP contribution in [0.1, 0.15) is 58.0 Å². The smallest absolute Gasteiger partial charge is 0.399 e. The molecule has 1 unspecified atom stereocenters. The fraction of sp³-hybridized carbons (Fsp3) is 0.706. The van der Waals surface area contributed by atoms with Gasteiger partial charge in [-0.05, 0) is 59.9 Å². The van der Waals surface area contributed by atoms with Crippen LogP contribution in [0.15, 0.2) is 18.4 Å². The molecule has 0 amide bonds. The summed E-state index contributed by atoms with van der Waals surface area (Å²) < 4.78 is 37.2. The van der Waals surface area contributed by atoms with Gasteiger partial charge in [-0.25, -0.2) is 0 Å². The minimum atomic E-state index is -0.808. The van der Waals surface area contributed by atoms with Crippen molar-refractivity contribution in [2.45, 2.75) is 71.1 Å². The molecule has 1 atom stereocenters. The zero-order chi connectivity index (χ0) is 18.6. The molecule has 2 fully saturated rings. The highest BCUT2D eigenvalue weighted by Gasteiger charge is 2.51. The Balaban J connectivity index is 2.05. The summed E-state index contributed by atoms with van der Waals surface area (Å²) >= 11 is 0. The third-order valence-corrected chi connectivity index (χ3v) is 5.17. The molecule has 0 bridgehead atoms. The van der Waals surface area contributed by atoms with Crippen LogP contribution in [0.2, 0.25) is 0 Å². The number of piperidine rings is 1. The second-order valence-electron chi connectivity index (χ2n) is 7.35. The van der Waals surface area contributed by atoms with Crippen molar-refractivity contribution in [2.24, 2.45) is 0 Å². The lowest BCUT2D eigenvalue weighted by Gasteiger charge is -2.35. The standard InChI is InChI=1S/C17H27BN2O2/c1-13-8-6-7-9-20(13)15-10-14(11-19-12-15)18-21-16(2,3)17(4,5)22-18/h10-13H,6-9H2,1-5H3/i10D,11D,12D. The van der Waals surface area contributed by atoms with Gasteiger partial charge in [-0.1, -0.05) is 0 Å². The molecule has 1 aromatic rings. The van der Waals surface area contributed by atoms with Gasteiger partial charge in [0.25, 0.3) is 0 Å². The van der Waals surface area contributed by atoms with E-state index in [1.54, 1.807) is 0 Å². The Morgan fingerprint density at radius 2 is 1.91 bits per heavy atom. The quantitative estimate of drug-likeness (QED) is 0.787. The van der Waals surface area contributed by atoms with E-state index in [1.807, 2.05) is 27.7 Å². The molecule has 22 heavy (non-hydrogen) atoms. The molecule has 1 aromatic heterocycles. The summed E-state index contributed by atoms with van der Waals surface area (Å²) in [6, 6.07) is 0.392. The van der Waals surface area contributed by atoms with E-state index >= 15 is 0 Å². The molecular formula is C17H27BN2O2. The summed E-state index contributed by atoms with van der Waals surface area (Å²) in [5, 5.41) is 0. The zero-order valence-electron chi connectivity index (χ0n) is 17.2. The van der Waals surface area contributed by atoms with Gasteiger partial charge in [0.15, 0.2) is 0 Å². The van der Waals surface area contributed by atoms with Crippen LogP contribution in [0, 0.1) is 0 Å².